The third-order valence-electron chi connectivity index (χ3n) is 3.70. The minimum Gasteiger partial charge on any atom is -0.389 e. The molecule has 1 rings (SSSR count). The summed E-state index contributed by atoms with van der Waals surface area (Å²) in [5.74, 6) is 0.106. The van der Waals surface area contributed by atoms with E-state index in [2.05, 4.69) is 6.58 Å². The number of aliphatic hydroxyl groups is 1. The van der Waals surface area contributed by atoms with Crippen LogP contribution < -0.4 is 0 Å². The predicted molar refractivity (Wildman–Crippen MR) is 78.0 cm³/mol. The van der Waals surface area contributed by atoms with Crippen molar-refractivity contribution in [1.82, 2.24) is 9.80 Å². The van der Waals surface area contributed by atoms with Gasteiger partial charge in [-0.3, -0.25) is 9.69 Å². The number of rotatable bonds is 7. The summed E-state index contributed by atoms with van der Waals surface area (Å²) in [4.78, 5) is 15.9. The molecule has 0 aromatic heterocycles. The number of amides is 1. The first-order valence-corrected chi connectivity index (χ1v) is 7.19. The molecular formula is C15H28N2O2. The summed E-state index contributed by atoms with van der Waals surface area (Å²) in [6, 6.07) is 0. The van der Waals surface area contributed by atoms with Crippen molar-refractivity contribution in [2.45, 2.75) is 45.1 Å². The summed E-state index contributed by atoms with van der Waals surface area (Å²) in [7, 11) is 1.91. The molecule has 1 aliphatic carbocycles. The Morgan fingerprint density at radius 3 is 2.37 bits per heavy atom. The third-order valence-corrected chi connectivity index (χ3v) is 3.70. The van der Waals surface area contributed by atoms with E-state index in [-0.39, 0.29) is 5.91 Å². The number of carbonyl (C=O) groups excluding carboxylic acids is 1. The van der Waals surface area contributed by atoms with Crippen LogP contribution in [0.2, 0.25) is 0 Å². The summed E-state index contributed by atoms with van der Waals surface area (Å²) >= 11 is 0. The first-order chi connectivity index (χ1) is 8.86. The van der Waals surface area contributed by atoms with Gasteiger partial charge in [0.25, 0.3) is 0 Å². The van der Waals surface area contributed by atoms with E-state index in [1.807, 2.05) is 25.8 Å². The summed E-state index contributed by atoms with van der Waals surface area (Å²) < 4.78 is 0. The highest BCUT2D eigenvalue weighted by Gasteiger charge is 2.32. The molecule has 110 valence electrons. The van der Waals surface area contributed by atoms with Gasteiger partial charge in [-0.05, 0) is 33.7 Å². The van der Waals surface area contributed by atoms with Gasteiger partial charge in [-0.2, -0.15) is 0 Å². The van der Waals surface area contributed by atoms with Crippen LogP contribution in [0.5, 0.6) is 0 Å². The average molecular weight is 268 g/mol. The highest BCUT2D eigenvalue weighted by molar-refractivity contribution is 5.78. The second-order valence-electron chi connectivity index (χ2n) is 5.97. The smallest absolute Gasteiger partial charge is 0.237 e. The Hall–Kier alpha value is -0.870. The van der Waals surface area contributed by atoms with Crippen molar-refractivity contribution in [1.29, 1.82) is 0 Å². The van der Waals surface area contributed by atoms with Gasteiger partial charge in [-0.1, -0.05) is 25.0 Å². The summed E-state index contributed by atoms with van der Waals surface area (Å²) in [5, 5.41) is 10.3. The lowest BCUT2D eigenvalue weighted by molar-refractivity contribution is -0.132. The van der Waals surface area contributed by atoms with Gasteiger partial charge < -0.3 is 10.0 Å². The lowest BCUT2D eigenvalue weighted by atomic mass is 10.0. The molecule has 0 saturated heterocycles. The van der Waals surface area contributed by atoms with Crippen LogP contribution in [-0.4, -0.2) is 59.6 Å². The fraction of sp³-hybridized carbons (Fsp3) is 0.800. The van der Waals surface area contributed by atoms with Crippen molar-refractivity contribution in [2.75, 3.05) is 33.2 Å². The predicted octanol–water partition coefficient (Wildman–Crippen LogP) is 1.65. The van der Waals surface area contributed by atoms with Crippen molar-refractivity contribution < 1.29 is 9.90 Å². The molecule has 0 unspecified atom stereocenters. The van der Waals surface area contributed by atoms with E-state index in [0.717, 1.165) is 31.3 Å². The van der Waals surface area contributed by atoms with Crippen molar-refractivity contribution in [3.8, 4) is 0 Å². The van der Waals surface area contributed by atoms with Crippen LogP contribution in [0.4, 0.5) is 0 Å². The van der Waals surface area contributed by atoms with Crippen molar-refractivity contribution >= 4 is 5.91 Å². The first kappa shape index (κ1) is 16.2. The zero-order chi connectivity index (χ0) is 14.5. The molecule has 0 radical (unpaired) electrons. The van der Waals surface area contributed by atoms with Crippen molar-refractivity contribution in [2.24, 2.45) is 0 Å². The fourth-order valence-electron chi connectivity index (χ4n) is 2.78. The van der Waals surface area contributed by atoms with Crippen molar-refractivity contribution in [3.63, 3.8) is 0 Å². The minimum absolute atomic E-state index is 0.106. The molecule has 1 fully saturated rings. The van der Waals surface area contributed by atoms with Gasteiger partial charge in [-0.25, -0.2) is 0 Å². The molecule has 0 heterocycles. The first-order valence-electron chi connectivity index (χ1n) is 7.19. The van der Waals surface area contributed by atoms with E-state index in [9.17, 15) is 9.90 Å². The van der Waals surface area contributed by atoms with Crippen LogP contribution in [0.3, 0.4) is 0 Å². The van der Waals surface area contributed by atoms with E-state index in [4.69, 9.17) is 0 Å². The Morgan fingerprint density at radius 1 is 1.32 bits per heavy atom. The van der Waals surface area contributed by atoms with Crippen LogP contribution in [0, 0.1) is 0 Å². The molecule has 4 heteroatoms. The average Bonchev–Trinajstić information content (AvgIpc) is 2.71. The van der Waals surface area contributed by atoms with Gasteiger partial charge in [-0.15, -0.1) is 0 Å². The van der Waals surface area contributed by atoms with E-state index >= 15 is 0 Å². The molecular weight excluding hydrogens is 240 g/mol. The van der Waals surface area contributed by atoms with E-state index in [1.165, 1.54) is 0 Å². The Kier molecular flexibility index (Phi) is 6.01. The van der Waals surface area contributed by atoms with Crippen LogP contribution in [0.25, 0.3) is 0 Å². The maximum absolute atomic E-state index is 12.2. The second kappa shape index (κ2) is 7.06. The standard InChI is InChI=1S/C15H28N2O2/c1-5-17(10-13(2)3)14(18)11-16(4)12-15(19)8-6-7-9-15/h19H,2,5-12H2,1,3-4H3. The topological polar surface area (TPSA) is 43.8 Å². The number of hydrogen-bond acceptors (Lipinski definition) is 3. The van der Waals surface area contributed by atoms with Crippen LogP contribution in [0.15, 0.2) is 12.2 Å². The van der Waals surface area contributed by atoms with Crippen molar-refractivity contribution in [3.05, 3.63) is 12.2 Å². The lowest BCUT2D eigenvalue weighted by Gasteiger charge is -2.30. The Balaban J connectivity index is 2.43. The fourth-order valence-corrected chi connectivity index (χ4v) is 2.78. The van der Waals surface area contributed by atoms with E-state index < -0.39 is 5.60 Å². The van der Waals surface area contributed by atoms with Gasteiger partial charge in [0.1, 0.15) is 0 Å². The highest BCUT2D eigenvalue weighted by atomic mass is 16.3. The molecule has 19 heavy (non-hydrogen) atoms. The molecule has 0 aliphatic heterocycles. The van der Waals surface area contributed by atoms with Crippen LogP contribution >= 0.6 is 0 Å². The highest BCUT2D eigenvalue weighted by Crippen LogP contribution is 2.29. The Morgan fingerprint density at radius 2 is 1.89 bits per heavy atom. The number of hydrogen-bond donors (Lipinski definition) is 1. The Labute approximate surface area is 117 Å². The monoisotopic (exact) mass is 268 g/mol. The zero-order valence-electron chi connectivity index (χ0n) is 12.6. The van der Waals surface area contributed by atoms with Crippen LogP contribution in [-0.2, 0) is 4.79 Å². The molecule has 0 atom stereocenters. The number of carbonyl (C=O) groups is 1. The largest absolute Gasteiger partial charge is 0.389 e. The molecule has 0 spiro atoms. The molecule has 1 N–H and O–H groups in total. The summed E-state index contributed by atoms with van der Waals surface area (Å²) in [6.45, 7) is 10.0. The third kappa shape index (κ3) is 5.33. The molecule has 1 aliphatic rings. The quantitative estimate of drug-likeness (QED) is 0.714. The molecule has 0 aromatic carbocycles. The van der Waals surface area contributed by atoms with Gasteiger partial charge in [0.2, 0.25) is 5.91 Å². The van der Waals surface area contributed by atoms with Gasteiger partial charge in [0, 0.05) is 19.6 Å². The maximum atomic E-state index is 12.2. The second-order valence-corrected chi connectivity index (χ2v) is 5.97. The molecule has 1 amide bonds. The zero-order valence-corrected chi connectivity index (χ0v) is 12.6. The Bertz CT molecular complexity index is 322. The SMILES string of the molecule is C=C(C)CN(CC)C(=O)CN(C)CC1(O)CCCC1. The van der Waals surface area contributed by atoms with Gasteiger partial charge >= 0.3 is 0 Å². The number of likely N-dealkylation sites (N-methyl/N-ethyl adjacent to an activating group) is 2. The molecule has 4 nitrogen and oxygen atoms in total. The van der Waals surface area contributed by atoms with E-state index in [0.29, 0.717) is 26.2 Å². The number of nitrogens with zero attached hydrogens (tertiary/aromatic N) is 2. The molecule has 0 bridgehead atoms. The summed E-state index contributed by atoms with van der Waals surface area (Å²) in [5.41, 5.74) is 0.410. The maximum Gasteiger partial charge on any atom is 0.237 e. The molecule has 1 saturated carbocycles. The van der Waals surface area contributed by atoms with E-state index in [1.54, 1.807) is 4.90 Å². The van der Waals surface area contributed by atoms with Gasteiger partial charge in [0.15, 0.2) is 0 Å². The normalized spacial score (nSPS) is 17.7. The summed E-state index contributed by atoms with van der Waals surface area (Å²) in [6.07, 6.45) is 3.90. The van der Waals surface area contributed by atoms with Gasteiger partial charge in [0.05, 0.1) is 12.1 Å². The minimum atomic E-state index is -0.583. The lowest BCUT2D eigenvalue weighted by Crippen LogP contribution is -2.45. The van der Waals surface area contributed by atoms with Crippen LogP contribution in [0.1, 0.15) is 39.5 Å². The molecule has 0 aromatic rings.